The van der Waals surface area contributed by atoms with Gasteiger partial charge in [-0.25, -0.2) is 0 Å². The van der Waals surface area contributed by atoms with Crippen molar-refractivity contribution in [3.8, 4) is 0 Å². The monoisotopic (exact) mass is 269 g/mol. The summed E-state index contributed by atoms with van der Waals surface area (Å²) in [5, 5.41) is 8.47. The van der Waals surface area contributed by atoms with Gasteiger partial charge < -0.3 is 5.32 Å². The Labute approximate surface area is 115 Å². The Morgan fingerprint density at radius 3 is 2.83 bits per heavy atom. The molecule has 1 aliphatic carbocycles. The van der Waals surface area contributed by atoms with Crippen LogP contribution in [0.1, 0.15) is 50.9 Å². The second kappa shape index (κ2) is 6.58. The summed E-state index contributed by atoms with van der Waals surface area (Å²) in [5.41, 5.74) is 2.46. The summed E-state index contributed by atoms with van der Waals surface area (Å²) in [6.45, 7) is 6.11. The van der Waals surface area contributed by atoms with Crippen molar-refractivity contribution in [2.75, 3.05) is 0 Å². The molecule has 102 valence electrons. The largest absolute Gasteiger partial charge is 0.307 e. The van der Waals surface area contributed by atoms with Crippen molar-refractivity contribution < 1.29 is 0 Å². The fourth-order valence-electron chi connectivity index (χ4n) is 2.66. The van der Waals surface area contributed by atoms with E-state index in [2.05, 4.69) is 35.0 Å². The van der Waals surface area contributed by atoms with Gasteiger partial charge in [-0.3, -0.25) is 4.68 Å². The molecule has 3 nitrogen and oxygen atoms in total. The van der Waals surface area contributed by atoms with Gasteiger partial charge in [0, 0.05) is 24.5 Å². The Kier molecular flexibility index (Phi) is 5.07. The molecule has 18 heavy (non-hydrogen) atoms. The molecule has 0 bridgehead atoms. The number of rotatable bonds is 5. The molecule has 2 unspecified atom stereocenters. The maximum Gasteiger partial charge on any atom is 0.0625 e. The lowest BCUT2D eigenvalue weighted by molar-refractivity contribution is 0.373. The second-order valence-corrected chi connectivity index (χ2v) is 5.64. The van der Waals surface area contributed by atoms with E-state index in [1.54, 1.807) is 0 Å². The van der Waals surface area contributed by atoms with E-state index in [1.165, 1.54) is 30.7 Å². The van der Waals surface area contributed by atoms with Crippen LogP contribution >= 0.6 is 11.6 Å². The minimum Gasteiger partial charge on any atom is -0.307 e. The van der Waals surface area contributed by atoms with Crippen LogP contribution in [0.25, 0.3) is 0 Å². The summed E-state index contributed by atoms with van der Waals surface area (Å²) in [6, 6.07) is 2.67. The molecule has 1 heterocycles. The summed E-state index contributed by atoms with van der Waals surface area (Å²) < 4.78 is 2.10. The fraction of sp³-hybridized carbons (Fsp3) is 0.786. The topological polar surface area (TPSA) is 29.9 Å². The highest BCUT2D eigenvalue weighted by molar-refractivity contribution is 6.21. The highest BCUT2D eigenvalue weighted by Gasteiger charge is 2.22. The van der Waals surface area contributed by atoms with Crippen LogP contribution in [0, 0.1) is 0 Å². The van der Waals surface area contributed by atoms with Gasteiger partial charge in [0.1, 0.15) is 0 Å². The molecule has 1 saturated carbocycles. The molecule has 4 heteroatoms. The van der Waals surface area contributed by atoms with Crippen LogP contribution in [-0.4, -0.2) is 21.2 Å². The summed E-state index contributed by atoms with van der Waals surface area (Å²) in [5.74, 6) is 0. The summed E-state index contributed by atoms with van der Waals surface area (Å²) in [7, 11) is 0. The lowest BCUT2D eigenvalue weighted by Gasteiger charge is -2.28. The van der Waals surface area contributed by atoms with E-state index in [-0.39, 0.29) is 0 Å². The van der Waals surface area contributed by atoms with Crippen LogP contribution < -0.4 is 5.32 Å². The molecule has 0 amide bonds. The normalized spacial score (nSPS) is 24.4. The summed E-state index contributed by atoms with van der Waals surface area (Å²) in [4.78, 5) is 0. The first kappa shape index (κ1) is 13.9. The van der Waals surface area contributed by atoms with Crippen molar-refractivity contribution in [3.05, 3.63) is 17.5 Å². The fourth-order valence-corrected chi connectivity index (χ4v) is 3.02. The average Bonchev–Trinajstić information content (AvgIpc) is 2.80. The first-order valence-electron chi connectivity index (χ1n) is 7.17. The molecule has 0 aromatic carbocycles. The molecule has 1 aliphatic rings. The molecule has 1 N–H and O–H groups in total. The van der Waals surface area contributed by atoms with E-state index in [4.69, 9.17) is 11.6 Å². The van der Waals surface area contributed by atoms with Crippen molar-refractivity contribution in [1.82, 2.24) is 15.1 Å². The highest BCUT2D eigenvalue weighted by Crippen LogP contribution is 2.23. The lowest BCUT2D eigenvalue weighted by atomic mass is 9.95. The maximum atomic E-state index is 6.37. The Morgan fingerprint density at radius 1 is 1.39 bits per heavy atom. The predicted molar refractivity (Wildman–Crippen MR) is 76.0 cm³/mol. The number of aryl methyl sites for hydroxylation is 2. The summed E-state index contributed by atoms with van der Waals surface area (Å²) >= 11 is 6.37. The zero-order valence-electron chi connectivity index (χ0n) is 11.5. The number of hydrogen-bond acceptors (Lipinski definition) is 2. The van der Waals surface area contributed by atoms with Crippen molar-refractivity contribution >= 4 is 11.6 Å². The van der Waals surface area contributed by atoms with Gasteiger partial charge in [-0.2, -0.15) is 5.10 Å². The Morgan fingerprint density at radius 2 is 2.17 bits per heavy atom. The van der Waals surface area contributed by atoms with Crippen molar-refractivity contribution in [2.24, 2.45) is 0 Å². The predicted octanol–water partition coefficient (Wildman–Crippen LogP) is 3.11. The van der Waals surface area contributed by atoms with E-state index in [1.807, 2.05) is 0 Å². The van der Waals surface area contributed by atoms with Gasteiger partial charge in [0.05, 0.1) is 11.4 Å². The smallest absolute Gasteiger partial charge is 0.0625 e. The average molecular weight is 270 g/mol. The molecule has 2 rings (SSSR count). The number of halogens is 1. The molecule has 1 aromatic heterocycles. The molecule has 2 atom stereocenters. The first-order valence-corrected chi connectivity index (χ1v) is 7.61. The number of alkyl halides is 1. The molecular weight excluding hydrogens is 246 g/mol. The third-order valence-electron chi connectivity index (χ3n) is 3.80. The second-order valence-electron chi connectivity index (χ2n) is 5.08. The van der Waals surface area contributed by atoms with Gasteiger partial charge in [-0.05, 0) is 32.3 Å². The Balaban J connectivity index is 1.94. The van der Waals surface area contributed by atoms with Crippen LogP contribution in [0.5, 0.6) is 0 Å². The van der Waals surface area contributed by atoms with Crippen LogP contribution in [0.15, 0.2) is 6.07 Å². The third kappa shape index (κ3) is 3.27. The SMILES string of the molecule is CCc1cc(CNC2CCCCC2Cl)n(CC)n1. The zero-order chi connectivity index (χ0) is 13.0. The van der Waals surface area contributed by atoms with Crippen molar-refractivity contribution in [2.45, 2.75) is 70.5 Å². The standard InChI is InChI=1S/C14H24ClN3/c1-3-11-9-12(18(4-2)17-11)10-16-14-8-6-5-7-13(14)15/h9,13-14,16H,3-8,10H2,1-2H3. The first-order chi connectivity index (χ1) is 8.74. The van der Waals surface area contributed by atoms with Gasteiger partial charge in [-0.15, -0.1) is 11.6 Å². The van der Waals surface area contributed by atoms with E-state index in [0.29, 0.717) is 11.4 Å². The molecule has 0 radical (unpaired) electrons. The van der Waals surface area contributed by atoms with Gasteiger partial charge in [0.15, 0.2) is 0 Å². The van der Waals surface area contributed by atoms with Crippen molar-refractivity contribution in [3.63, 3.8) is 0 Å². The van der Waals surface area contributed by atoms with Gasteiger partial charge >= 0.3 is 0 Å². The minimum atomic E-state index is 0.294. The van der Waals surface area contributed by atoms with E-state index < -0.39 is 0 Å². The molecule has 0 spiro atoms. The minimum absolute atomic E-state index is 0.294. The maximum absolute atomic E-state index is 6.37. The molecule has 0 aliphatic heterocycles. The van der Waals surface area contributed by atoms with Gasteiger partial charge in [-0.1, -0.05) is 19.8 Å². The van der Waals surface area contributed by atoms with Gasteiger partial charge in [0.2, 0.25) is 0 Å². The quantitative estimate of drug-likeness (QED) is 0.833. The van der Waals surface area contributed by atoms with Crippen LogP contribution in [-0.2, 0) is 19.5 Å². The third-order valence-corrected chi connectivity index (χ3v) is 4.33. The summed E-state index contributed by atoms with van der Waals surface area (Å²) in [6.07, 6.45) is 5.93. The Bertz CT molecular complexity index is 375. The van der Waals surface area contributed by atoms with Crippen LogP contribution in [0.2, 0.25) is 0 Å². The Hall–Kier alpha value is -0.540. The van der Waals surface area contributed by atoms with Gasteiger partial charge in [0.25, 0.3) is 0 Å². The van der Waals surface area contributed by atoms with Crippen LogP contribution in [0.4, 0.5) is 0 Å². The number of nitrogens with one attached hydrogen (secondary N) is 1. The van der Waals surface area contributed by atoms with E-state index in [9.17, 15) is 0 Å². The molecule has 1 fully saturated rings. The highest BCUT2D eigenvalue weighted by atomic mass is 35.5. The zero-order valence-corrected chi connectivity index (χ0v) is 12.2. The number of hydrogen-bond donors (Lipinski definition) is 1. The number of aromatic nitrogens is 2. The molecular formula is C14H24ClN3. The van der Waals surface area contributed by atoms with Crippen molar-refractivity contribution in [1.29, 1.82) is 0 Å². The lowest BCUT2D eigenvalue weighted by Crippen LogP contribution is -2.39. The van der Waals surface area contributed by atoms with Crippen LogP contribution in [0.3, 0.4) is 0 Å². The van der Waals surface area contributed by atoms with E-state index >= 15 is 0 Å². The van der Waals surface area contributed by atoms with E-state index in [0.717, 1.165) is 25.9 Å². The number of nitrogens with zero attached hydrogens (tertiary/aromatic N) is 2. The molecule has 0 saturated heterocycles. The molecule has 1 aromatic rings.